The largest absolute Gasteiger partial charge is 0.487 e. The summed E-state index contributed by atoms with van der Waals surface area (Å²) in [6.45, 7) is 5.03. The molecule has 2 heterocycles. The number of carbonyl (C=O) groups excluding carboxylic acids is 2. The number of benzene rings is 1. The minimum atomic E-state index is -0.343. The average Bonchev–Trinajstić information content (AvgIpc) is 3.05. The Morgan fingerprint density at radius 2 is 2.04 bits per heavy atom. The summed E-state index contributed by atoms with van der Waals surface area (Å²) in [5.74, 6) is 0.275. The predicted molar refractivity (Wildman–Crippen MR) is 99.2 cm³/mol. The summed E-state index contributed by atoms with van der Waals surface area (Å²) in [6.07, 6.45) is 0. The van der Waals surface area contributed by atoms with Crippen molar-refractivity contribution in [2.24, 2.45) is 5.73 Å². The van der Waals surface area contributed by atoms with E-state index in [1.807, 2.05) is 29.3 Å². The highest BCUT2D eigenvalue weighted by Crippen LogP contribution is 2.18. The summed E-state index contributed by atoms with van der Waals surface area (Å²) in [4.78, 5) is 31.8. The molecule has 1 aromatic carbocycles. The number of aryl methyl sites for hydroxylation is 1. The van der Waals surface area contributed by atoms with Gasteiger partial charge in [-0.1, -0.05) is 6.07 Å². The summed E-state index contributed by atoms with van der Waals surface area (Å²) in [5, 5.41) is 2.97. The standard InChI is InChI=1S/C18H22N4O3S/c1-13-20-15(12-26-13)11-25-16-4-2-3-14(9-16)18(24)22-7-5-21(6-8-22)10-17(19)23/h2-4,9,12H,5-8,10-11H2,1H3,(H2,19,23). The van der Waals surface area contributed by atoms with Gasteiger partial charge in [-0.15, -0.1) is 11.3 Å². The summed E-state index contributed by atoms with van der Waals surface area (Å²) in [5.41, 5.74) is 6.70. The first-order valence-electron chi connectivity index (χ1n) is 8.45. The maximum atomic E-state index is 12.7. The van der Waals surface area contributed by atoms with Gasteiger partial charge in [-0.2, -0.15) is 0 Å². The van der Waals surface area contributed by atoms with Crippen molar-refractivity contribution in [2.45, 2.75) is 13.5 Å². The topological polar surface area (TPSA) is 88.8 Å². The molecule has 7 nitrogen and oxygen atoms in total. The lowest BCUT2D eigenvalue weighted by molar-refractivity contribution is -0.119. The van der Waals surface area contributed by atoms with E-state index in [0.29, 0.717) is 44.1 Å². The van der Waals surface area contributed by atoms with Crippen molar-refractivity contribution < 1.29 is 14.3 Å². The fourth-order valence-electron chi connectivity index (χ4n) is 2.86. The molecule has 26 heavy (non-hydrogen) atoms. The number of rotatable bonds is 6. The van der Waals surface area contributed by atoms with Gasteiger partial charge in [0.2, 0.25) is 5.91 Å². The molecule has 1 aromatic heterocycles. The first-order valence-corrected chi connectivity index (χ1v) is 9.33. The fourth-order valence-corrected chi connectivity index (χ4v) is 3.46. The maximum absolute atomic E-state index is 12.7. The highest BCUT2D eigenvalue weighted by Gasteiger charge is 2.23. The zero-order valence-electron chi connectivity index (χ0n) is 14.7. The van der Waals surface area contributed by atoms with Crippen LogP contribution < -0.4 is 10.5 Å². The van der Waals surface area contributed by atoms with Crippen molar-refractivity contribution in [1.82, 2.24) is 14.8 Å². The molecule has 8 heteroatoms. The van der Waals surface area contributed by atoms with Crippen molar-refractivity contribution in [3.05, 3.63) is 45.9 Å². The Hall–Kier alpha value is -2.45. The van der Waals surface area contributed by atoms with E-state index in [0.717, 1.165) is 10.7 Å². The maximum Gasteiger partial charge on any atom is 0.254 e. The van der Waals surface area contributed by atoms with Gasteiger partial charge in [-0.3, -0.25) is 14.5 Å². The Labute approximate surface area is 156 Å². The van der Waals surface area contributed by atoms with Crippen molar-refractivity contribution in [2.75, 3.05) is 32.7 Å². The molecule has 0 saturated carbocycles. The van der Waals surface area contributed by atoms with E-state index in [4.69, 9.17) is 10.5 Å². The van der Waals surface area contributed by atoms with Crippen LogP contribution in [0.1, 0.15) is 21.1 Å². The Morgan fingerprint density at radius 3 is 2.69 bits per heavy atom. The van der Waals surface area contributed by atoms with E-state index >= 15 is 0 Å². The molecule has 2 N–H and O–H groups in total. The highest BCUT2D eigenvalue weighted by atomic mass is 32.1. The number of piperazine rings is 1. The van der Waals surface area contributed by atoms with Gasteiger partial charge in [0, 0.05) is 37.1 Å². The number of hydrogen-bond acceptors (Lipinski definition) is 6. The van der Waals surface area contributed by atoms with Crippen LogP contribution in [0.4, 0.5) is 0 Å². The molecular formula is C18H22N4O3S. The number of carbonyl (C=O) groups is 2. The van der Waals surface area contributed by atoms with Gasteiger partial charge in [-0.25, -0.2) is 4.98 Å². The molecule has 0 atom stereocenters. The predicted octanol–water partition coefficient (Wildman–Crippen LogP) is 1.27. The van der Waals surface area contributed by atoms with Gasteiger partial charge >= 0.3 is 0 Å². The molecule has 0 unspecified atom stereocenters. The third-order valence-corrected chi connectivity index (χ3v) is 5.00. The normalized spacial score (nSPS) is 15.0. The minimum absolute atomic E-state index is 0.0290. The number of amides is 2. The number of nitrogens with zero attached hydrogens (tertiary/aromatic N) is 3. The fraction of sp³-hybridized carbons (Fsp3) is 0.389. The molecule has 1 fully saturated rings. The van der Waals surface area contributed by atoms with E-state index in [2.05, 4.69) is 4.98 Å². The first kappa shape index (κ1) is 18.3. The number of thiazole rings is 1. The second-order valence-corrected chi connectivity index (χ2v) is 7.27. The van der Waals surface area contributed by atoms with Crippen LogP contribution in [0, 0.1) is 6.92 Å². The zero-order chi connectivity index (χ0) is 18.5. The monoisotopic (exact) mass is 374 g/mol. The molecule has 0 radical (unpaired) electrons. The molecule has 0 aliphatic carbocycles. The third kappa shape index (κ3) is 4.80. The zero-order valence-corrected chi connectivity index (χ0v) is 15.5. The highest BCUT2D eigenvalue weighted by molar-refractivity contribution is 7.09. The van der Waals surface area contributed by atoms with Crippen LogP contribution in [0.5, 0.6) is 5.75 Å². The summed E-state index contributed by atoms with van der Waals surface area (Å²) >= 11 is 1.59. The molecule has 138 valence electrons. The van der Waals surface area contributed by atoms with Crippen molar-refractivity contribution in [3.63, 3.8) is 0 Å². The van der Waals surface area contributed by atoms with Crippen molar-refractivity contribution in [1.29, 1.82) is 0 Å². The number of primary amides is 1. The Balaban J connectivity index is 1.57. The Bertz CT molecular complexity index is 784. The number of aromatic nitrogens is 1. The van der Waals surface area contributed by atoms with Crippen molar-refractivity contribution in [3.8, 4) is 5.75 Å². The second-order valence-electron chi connectivity index (χ2n) is 6.21. The van der Waals surface area contributed by atoms with Crippen LogP contribution in [-0.2, 0) is 11.4 Å². The molecule has 2 amide bonds. The molecule has 1 aliphatic heterocycles. The molecule has 2 aromatic rings. The quantitative estimate of drug-likeness (QED) is 0.823. The van der Waals surface area contributed by atoms with Crippen LogP contribution in [0.15, 0.2) is 29.6 Å². The smallest absolute Gasteiger partial charge is 0.254 e. The van der Waals surface area contributed by atoms with Gasteiger partial charge in [0.1, 0.15) is 12.4 Å². The number of ether oxygens (including phenoxy) is 1. The lowest BCUT2D eigenvalue weighted by Crippen LogP contribution is -2.50. The minimum Gasteiger partial charge on any atom is -0.487 e. The van der Waals surface area contributed by atoms with Gasteiger partial charge in [0.25, 0.3) is 5.91 Å². The molecule has 1 aliphatic rings. The lowest BCUT2D eigenvalue weighted by atomic mass is 10.1. The summed E-state index contributed by atoms with van der Waals surface area (Å²) in [7, 11) is 0. The first-order chi connectivity index (χ1) is 12.5. The van der Waals surface area contributed by atoms with Gasteiger partial charge < -0.3 is 15.4 Å². The van der Waals surface area contributed by atoms with E-state index in [1.165, 1.54) is 0 Å². The van der Waals surface area contributed by atoms with Gasteiger partial charge in [0.05, 0.1) is 17.2 Å². The number of nitrogens with two attached hydrogens (primary N) is 1. The summed E-state index contributed by atoms with van der Waals surface area (Å²) < 4.78 is 5.76. The Morgan fingerprint density at radius 1 is 1.27 bits per heavy atom. The molecule has 3 rings (SSSR count). The average molecular weight is 374 g/mol. The second kappa shape index (κ2) is 8.29. The molecule has 0 spiro atoms. The van der Waals surface area contributed by atoms with Gasteiger partial charge in [0.15, 0.2) is 0 Å². The van der Waals surface area contributed by atoms with E-state index in [-0.39, 0.29) is 18.4 Å². The van der Waals surface area contributed by atoms with Crippen LogP contribution in [0.3, 0.4) is 0 Å². The van der Waals surface area contributed by atoms with Crippen molar-refractivity contribution >= 4 is 23.2 Å². The van der Waals surface area contributed by atoms with Crippen LogP contribution in [-0.4, -0.2) is 59.3 Å². The molecule has 0 bridgehead atoms. The summed E-state index contributed by atoms with van der Waals surface area (Å²) in [6, 6.07) is 7.20. The molecular weight excluding hydrogens is 352 g/mol. The SMILES string of the molecule is Cc1nc(COc2cccc(C(=O)N3CCN(CC(N)=O)CC3)c2)cs1. The Kier molecular flexibility index (Phi) is 5.85. The van der Waals surface area contributed by atoms with E-state index in [9.17, 15) is 9.59 Å². The molecule has 1 saturated heterocycles. The van der Waals surface area contributed by atoms with Crippen LogP contribution >= 0.6 is 11.3 Å². The number of hydrogen-bond donors (Lipinski definition) is 1. The van der Waals surface area contributed by atoms with E-state index in [1.54, 1.807) is 28.4 Å². The van der Waals surface area contributed by atoms with Crippen LogP contribution in [0.2, 0.25) is 0 Å². The van der Waals surface area contributed by atoms with Gasteiger partial charge in [-0.05, 0) is 25.1 Å². The van der Waals surface area contributed by atoms with Crippen LogP contribution in [0.25, 0.3) is 0 Å². The third-order valence-electron chi connectivity index (χ3n) is 4.17. The van der Waals surface area contributed by atoms with E-state index < -0.39 is 0 Å². The lowest BCUT2D eigenvalue weighted by Gasteiger charge is -2.34.